The average molecular weight is 261 g/mol. The van der Waals surface area contributed by atoms with Gasteiger partial charge < -0.3 is 10.7 Å². The van der Waals surface area contributed by atoms with Crippen molar-refractivity contribution in [2.45, 2.75) is 19.8 Å². The van der Waals surface area contributed by atoms with E-state index >= 15 is 0 Å². The topological polar surface area (TPSA) is 75.9 Å². The number of rotatable bonds is 5. The molecule has 0 saturated heterocycles. The van der Waals surface area contributed by atoms with Crippen molar-refractivity contribution >= 4 is 17.3 Å². The third-order valence-electron chi connectivity index (χ3n) is 2.69. The summed E-state index contributed by atoms with van der Waals surface area (Å²) >= 11 is 0. The zero-order valence-electron chi connectivity index (χ0n) is 10.7. The Morgan fingerprint density at radius 1 is 1.16 bits per heavy atom. The van der Waals surface area contributed by atoms with E-state index in [1.807, 2.05) is 0 Å². The normalized spacial score (nSPS) is 10.3. The first-order valence-corrected chi connectivity index (χ1v) is 6.07. The first-order valence-electron chi connectivity index (χ1n) is 6.07. The number of halogens is 1. The van der Waals surface area contributed by atoms with Crippen molar-refractivity contribution in [3.8, 4) is 0 Å². The number of nitrogens with one attached hydrogen (secondary N) is 2. The van der Waals surface area contributed by atoms with Gasteiger partial charge in [-0.25, -0.2) is 20.2 Å². The van der Waals surface area contributed by atoms with Crippen LogP contribution in [0.4, 0.5) is 21.7 Å². The van der Waals surface area contributed by atoms with Crippen LogP contribution in [0.25, 0.3) is 0 Å². The summed E-state index contributed by atoms with van der Waals surface area (Å²) in [5, 5.41) is 3.15. The third kappa shape index (κ3) is 3.17. The van der Waals surface area contributed by atoms with Crippen LogP contribution < -0.4 is 16.6 Å². The molecule has 0 aliphatic carbocycles. The van der Waals surface area contributed by atoms with E-state index in [4.69, 9.17) is 5.84 Å². The van der Waals surface area contributed by atoms with E-state index in [0.717, 1.165) is 24.1 Å². The van der Waals surface area contributed by atoms with Crippen molar-refractivity contribution in [3.63, 3.8) is 0 Å². The quantitative estimate of drug-likeness (QED) is 0.569. The Morgan fingerprint density at radius 3 is 2.47 bits per heavy atom. The summed E-state index contributed by atoms with van der Waals surface area (Å²) in [7, 11) is 0. The first kappa shape index (κ1) is 13.2. The molecule has 0 atom stereocenters. The molecule has 2 aromatic rings. The molecule has 0 bridgehead atoms. The Kier molecular flexibility index (Phi) is 4.25. The van der Waals surface area contributed by atoms with E-state index in [1.54, 1.807) is 12.1 Å². The summed E-state index contributed by atoms with van der Waals surface area (Å²) in [6.07, 6.45) is 3.17. The van der Waals surface area contributed by atoms with Gasteiger partial charge in [0.15, 0.2) is 0 Å². The van der Waals surface area contributed by atoms with Gasteiger partial charge in [-0.2, -0.15) is 0 Å². The van der Waals surface area contributed by atoms with Gasteiger partial charge in [0.2, 0.25) is 0 Å². The predicted molar refractivity (Wildman–Crippen MR) is 73.5 cm³/mol. The molecule has 0 radical (unpaired) electrons. The van der Waals surface area contributed by atoms with Crippen molar-refractivity contribution in [1.82, 2.24) is 9.97 Å². The fourth-order valence-corrected chi connectivity index (χ4v) is 1.80. The van der Waals surface area contributed by atoms with Gasteiger partial charge >= 0.3 is 0 Å². The second kappa shape index (κ2) is 6.10. The zero-order valence-corrected chi connectivity index (χ0v) is 10.7. The summed E-state index contributed by atoms with van der Waals surface area (Å²) in [6.45, 7) is 2.06. The monoisotopic (exact) mass is 261 g/mol. The molecule has 1 heterocycles. The fourth-order valence-electron chi connectivity index (χ4n) is 1.80. The van der Waals surface area contributed by atoms with Crippen molar-refractivity contribution in [2.75, 3.05) is 10.7 Å². The first-order chi connectivity index (χ1) is 9.24. The molecule has 2 rings (SSSR count). The second-order valence-corrected chi connectivity index (χ2v) is 4.08. The van der Waals surface area contributed by atoms with Crippen LogP contribution in [0.2, 0.25) is 0 Å². The summed E-state index contributed by atoms with van der Waals surface area (Å²) in [5.41, 5.74) is 4.24. The lowest BCUT2D eigenvalue weighted by atomic mass is 10.1. The molecule has 4 N–H and O–H groups in total. The van der Waals surface area contributed by atoms with E-state index in [0.29, 0.717) is 11.6 Å². The van der Waals surface area contributed by atoms with Crippen LogP contribution in [0.15, 0.2) is 30.6 Å². The molecular weight excluding hydrogens is 245 g/mol. The number of nitrogens with two attached hydrogens (primary N) is 1. The number of aromatic nitrogens is 2. The van der Waals surface area contributed by atoms with Crippen LogP contribution in [0, 0.1) is 5.82 Å². The minimum Gasteiger partial charge on any atom is -0.340 e. The highest BCUT2D eigenvalue weighted by atomic mass is 19.1. The van der Waals surface area contributed by atoms with Gasteiger partial charge in [-0.15, -0.1) is 0 Å². The van der Waals surface area contributed by atoms with Crippen LogP contribution in [0.3, 0.4) is 0 Å². The maximum atomic E-state index is 12.9. The molecule has 6 heteroatoms. The van der Waals surface area contributed by atoms with Crippen LogP contribution in [-0.4, -0.2) is 9.97 Å². The van der Waals surface area contributed by atoms with E-state index < -0.39 is 0 Å². The number of hydrogen-bond donors (Lipinski definition) is 3. The molecule has 0 amide bonds. The Labute approximate surface area is 111 Å². The van der Waals surface area contributed by atoms with Crippen molar-refractivity contribution in [3.05, 3.63) is 42.0 Å². The molecule has 5 nitrogen and oxygen atoms in total. The standard InChI is InChI=1S/C13H16FN5/c1-2-3-11-12(16-8-17-13(11)19-15)18-10-6-4-9(14)5-7-10/h4-8H,2-3,15H2,1H3,(H2,16,17,18,19). The zero-order chi connectivity index (χ0) is 13.7. The van der Waals surface area contributed by atoms with E-state index in [9.17, 15) is 4.39 Å². The Hall–Kier alpha value is -2.21. The van der Waals surface area contributed by atoms with Crippen LogP contribution in [-0.2, 0) is 6.42 Å². The molecule has 0 aliphatic rings. The van der Waals surface area contributed by atoms with E-state index in [1.165, 1.54) is 18.5 Å². The van der Waals surface area contributed by atoms with Gasteiger partial charge in [-0.3, -0.25) is 0 Å². The highest BCUT2D eigenvalue weighted by Gasteiger charge is 2.10. The summed E-state index contributed by atoms with van der Waals surface area (Å²) in [4.78, 5) is 8.30. The lowest BCUT2D eigenvalue weighted by Gasteiger charge is -2.13. The highest BCUT2D eigenvalue weighted by molar-refractivity contribution is 5.64. The number of benzene rings is 1. The van der Waals surface area contributed by atoms with Gasteiger partial charge in [-0.1, -0.05) is 13.3 Å². The summed E-state index contributed by atoms with van der Waals surface area (Å²) in [6, 6.07) is 6.10. The molecule has 1 aromatic carbocycles. The minimum atomic E-state index is -0.272. The van der Waals surface area contributed by atoms with Crippen molar-refractivity contribution < 1.29 is 4.39 Å². The number of hydrogen-bond acceptors (Lipinski definition) is 5. The van der Waals surface area contributed by atoms with E-state index in [2.05, 4.69) is 27.6 Å². The molecular formula is C13H16FN5. The van der Waals surface area contributed by atoms with Crippen molar-refractivity contribution in [2.24, 2.45) is 5.84 Å². The maximum Gasteiger partial charge on any atom is 0.148 e. The molecule has 0 fully saturated rings. The number of nitrogens with zero attached hydrogens (tertiary/aromatic N) is 2. The molecule has 0 saturated carbocycles. The lowest BCUT2D eigenvalue weighted by Crippen LogP contribution is -2.13. The average Bonchev–Trinajstić information content (AvgIpc) is 2.43. The Bertz CT molecular complexity index is 541. The second-order valence-electron chi connectivity index (χ2n) is 4.08. The molecule has 0 unspecified atom stereocenters. The molecule has 1 aromatic heterocycles. The van der Waals surface area contributed by atoms with Crippen molar-refractivity contribution in [1.29, 1.82) is 0 Å². The number of nitrogen functional groups attached to an aromatic ring is 1. The van der Waals surface area contributed by atoms with Gasteiger partial charge in [0.1, 0.15) is 23.8 Å². The highest BCUT2D eigenvalue weighted by Crippen LogP contribution is 2.24. The van der Waals surface area contributed by atoms with Crippen LogP contribution in [0.5, 0.6) is 0 Å². The van der Waals surface area contributed by atoms with Gasteiger partial charge in [0.25, 0.3) is 0 Å². The van der Waals surface area contributed by atoms with Gasteiger partial charge in [-0.05, 0) is 30.7 Å². The Morgan fingerprint density at radius 2 is 1.84 bits per heavy atom. The molecule has 0 spiro atoms. The largest absolute Gasteiger partial charge is 0.340 e. The molecule has 19 heavy (non-hydrogen) atoms. The van der Waals surface area contributed by atoms with E-state index in [-0.39, 0.29) is 5.82 Å². The van der Waals surface area contributed by atoms with Gasteiger partial charge in [0.05, 0.1) is 0 Å². The maximum absolute atomic E-state index is 12.9. The molecule has 100 valence electrons. The van der Waals surface area contributed by atoms with Crippen LogP contribution >= 0.6 is 0 Å². The van der Waals surface area contributed by atoms with Gasteiger partial charge in [0, 0.05) is 11.3 Å². The predicted octanol–water partition coefficient (Wildman–Crippen LogP) is 2.60. The number of hydrazine groups is 1. The lowest BCUT2D eigenvalue weighted by molar-refractivity contribution is 0.628. The third-order valence-corrected chi connectivity index (χ3v) is 2.69. The molecule has 0 aliphatic heterocycles. The fraction of sp³-hybridized carbons (Fsp3) is 0.231. The summed E-state index contributed by atoms with van der Waals surface area (Å²) < 4.78 is 12.9. The number of anilines is 3. The van der Waals surface area contributed by atoms with Crippen LogP contribution in [0.1, 0.15) is 18.9 Å². The summed E-state index contributed by atoms with van der Waals surface area (Å²) in [5.74, 6) is 6.45. The Balaban J connectivity index is 2.30. The SMILES string of the molecule is CCCc1c(NN)ncnc1Nc1ccc(F)cc1. The minimum absolute atomic E-state index is 0.272. The smallest absolute Gasteiger partial charge is 0.148 e.